The van der Waals surface area contributed by atoms with E-state index in [4.69, 9.17) is 35.2 Å². The molecule has 10 N–H and O–H groups in total. The third-order valence-corrected chi connectivity index (χ3v) is 26.0. The third kappa shape index (κ3) is 22.4. The number of aromatic hydroxyl groups is 1. The van der Waals surface area contributed by atoms with Gasteiger partial charge in [0, 0.05) is 85.8 Å². The van der Waals surface area contributed by atoms with Crippen molar-refractivity contribution in [2.45, 2.75) is 212 Å². The molecular weight excluding hydrogens is 1530 g/mol. The SMILES string of the molecule is CC(C)[C@H](NC(=O)CCOCCOCCOCCOCCNC(=O)CCC(=O)N1Cc2ccccc2-c2nnn(C)c2-c2ccccc21)C(=O)C[C@@H](CCCNC(N)=O)C(=O)Nc1ccc(COC(=O)N[C@@H](CCCCN)C(=O)Cc2ccc3c(c2)[C@@]2(C)CCC[C@](C)(C(=O)CC(=O)[C@@]4(C)CCC[C@]5(C)c6cc(O)ccc6CC[C@@H]45)[C@@H]2CC3)cc1. The van der Waals surface area contributed by atoms with Gasteiger partial charge in [-0.05, 0) is 188 Å². The summed E-state index contributed by atoms with van der Waals surface area (Å²) in [4.78, 5) is 139. The van der Waals surface area contributed by atoms with Crippen molar-refractivity contribution in [2.75, 3.05) is 82.7 Å². The summed E-state index contributed by atoms with van der Waals surface area (Å²) in [6, 6.07) is 31.5. The highest BCUT2D eigenvalue weighted by atomic mass is 16.6. The Morgan fingerprint density at radius 3 is 1.87 bits per heavy atom. The van der Waals surface area contributed by atoms with Crippen molar-refractivity contribution >= 4 is 70.3 Å². The van der Waals surface area contributed by atoms with E-state index < -0.39 is 52.8 Å². The number of fused-ring (bicyclic) bond motifs is 11. The van der Waals surface area contributed by atoms with E-state index in [1.54, 1.807) is 53.8 Å². The first kappa shape index (κ1) is 90.7. The van der Waals surface area contributed by atoms with Gasteiger partial charge in [0.1, 0.15) is 29.6 Å². The van der Waals surface area contributed by atoms with Gasteiger partial charge in [-0.25, -0.2) is 14.3 Å². The lowest BCUT2D eigenvalue weighted by Gasteiger charge is -2.56. The lowest BCUT2D eigenvalue weighted by atomic mass is 9.47. The molecule has 4 aliphatic carbocycles. The number of carbonyl (C=O) groups is 10. The molecule has 9 atom stereocenters. The van der Waals surface area contributed by atoms with Gasteiger partial charge in [-0.3, -0.25) is 38.4 Å². The van der Waals surface area contributed by atoms with Gasteiger partial charge in [0.25, 0.3) is 0 Å². The van der Waals surface area contributed by atoms with Gasteiger partial charge in [0.15, 0.2) is 11.6 Å². The van der Waals surface area contributed by atoms with Crippen molar-refractivity contribution < 1.29 is 76.7 Å². The zero-order valence-electron chi connectivity index (χ0n) is 70.9. The Morgan fingerprint density at radius 1 is 0.608 bits per heavy atom. The molecule has 11 rings (SSSR count). The number of urea groups is 1. The van der Waals surface area contributed by atoms with Crippen LogP contribution < -0.4 is 43.0 Å². The number of hydrogen-bond donors (Lipinski definition) is 8. The number of phenols is 1. The van der Waals surface area contributed by atoms with Crippen LogP contribution >= 0.6 is 0 Å². The second kappa shape index (κ2) is 42.0. The molecule has 646 valence electrons. The van der Waals surface area contributed by atoms with E-state index in [1.807, 2.05) is 73.8 Å². The molecule has 7 amide bonds. The average molecular weight is 1650 g/mol. The molecule has 0 saturated heterocycles. The molecule has 27 nitrogen and oxygen atoms in total. The maximum atomic E-state index is 15.0. The van der Waals surface area contributed by atoms with Crippen LogP contribution in [-0.2, 0) is 112 Å². The van der Waals surface area contributed by atoms with Crippen molar-refractivity contribution in [1.29, 1.82) is 0 Å². The van der Waals surface area contributed by atoms with E-state index in [1.165, 1.54) is 11.1 Å². The smallest absolute Gasteiger partial charge is 0.408 e. The summed E-state index contributed by atoms with van der Waals surface area (Å²) >= 11 is 0. The molecule has 6 aromatic rings. The summed E-state index contributed by atoms with van der Waals surface area (Å²) in [5, 5.41) is 33.2. The second-order valence-electron chi connectivity index (χ2n) is 34.5. The van der Waals surface area contributed by atoms with Crippen molar-refractivity contribution in [1.82, 2.24) is 36.3 Å². The Kier molecular flexibility index (Phi) is 31.7. The van der Waals surface area contributed by atoms with E-state index in [0.29, 0.717) is 76.3 Å². The molecule has 120 heavy (non-hydrogen) atoms. The maximum absolute atomic E-state index is 15.0. The van der Waals surface area contributed by atoms with Crippen LogP contribution in [0, 0.1) is 34.5 Å². The van der Waals surface area contributed by atoms with Gasteiger partial charge >= 0.3 is 12.1 Å². The summed E-state index contributed by atoms with van der Waals surface area (Å²) in [5.74, 6) is -2.69. The fourth-order valence-electron chi connectivity index (χ4n) is 19.5. The molecule has 27 heteroatoms. The summed E-state index contributed by atoms with van der Waals surface area (Å²) < 4.78 is 29.9. The number of phenolic OH excluding ortho intramolecular Hbond substituents is 1. The van der Waals surface area contributed by atoms with Crippen LogP contribution in [0.1, 0.15) is 196 Å². The molecule has 5 aromatic carbocycles. The number of benzene rings is 5. The van der Waals surface area contributed by atoms with Crippen molar-refractivity contribution in [2.24, 2.45) is 53.0 Å². The summed E-state index contributed by atoms with van der Waals surface area (Å²) in [6.07, 6.45) is 9.29. The molecule has 2 saturated carbocycles. The number of para-hydroxylation sites is 1. The lowest BCUT2D eigenvalue weighted by molar-refractivity contribution is -0.146. The molecule has 0 unspecified atom stereocenters. The molecule has 1 aromatic heterocycles. The number of primary amides is 1. The van der Waals surface area contributed by atoms with Crippen molar-refractivity contribution in [3.8, 4) is 28.3 Å². The normalized spacial score (nSPS) is 20.9. The number of anilines is 2. The fraction of sp³-hybridized carbons (Fsp3) is 0.548. The highest BCUT2D eigenvalue weighted by Crippen LogP contribution is 2.61. The number of nitrogens with one attached hydrogen (secondary N) is 5. The molecule has 0 bridgehead atoms. The Labute approximate surface area is 704 Å². The monoisotopic (exact) mass is 1650 g/mol. The zero-order chi connectivity index (χ0) is 85.7. The van der Waals surface area contributed by atoms with Gasteiger partial charge in [-0.15, -0.1) is 5.10 Å². The predicted molar refractivity (Wildman–Crippen MR) is 455 cm³/mol. The standard InChI is InChI=1S/C93H123N11O16/c1-60(2)84(100-82(111)37-45-116-47-49-118-51-52-119-50-48-117-46-44-96-81(110)35-36-83(112)104-58-66-17-8-9-19-69(66)85-86(103(7)102-101-85)70-20-10-11-22-74(70)104)76(107)55-65(18-14-43-97-88(95)114)87(113)98-67-30-24-61(25-31-67)59-120-89(115)99-73(21-12-13-42-94)75(106)54-62-23-26-63-28-33-77-90(3,71(63)53-62)38-15-40-92(77,5)79(108)57-80(109)93(6)41-16-39-91(4)72-56-68(105)32-27-64(72)29-34-78(91)93/h8-11,17,19-20,22-27,30-32,53,56,60,65,73,77-78,84,105H,12-16,18,21,28-29,33-52,54-55,57-59,94H2,1-7H3,(H,96,110)(H,98,113)(H,99,115)(H,100,111)(H3,95,97,114)/t65-,73+,77-,78-,84+,90-,91-,92+,93+/m1/s1. The minimum absolute atomic E-state index is 0.00920. The molecule has 2 heterocycles. The van der Waals surface area contributed by atoms with Crippen LogP contribution in [0.2, 0.25) is 0 Å². The van der Waals surface area contributed by atoms with E-state index >= 15 is 4.79 Å². The summed E-state index contributed by atoms with van der Waals surface area (Å²) in [5.41, 5.74) is 20.6. The minimum atomic E-state index is -0.913. The first-order valence-corrected chi connectivity index (χ1v) is 43.0. The van der Waals surface area contributed by atoms with Crippen LogP contribution in [0.4, 0.5) is 21.0 Å². The highest BCUT2D eigenvalue weighted by Gasteiger charge is 2.58. The number of carbonyl (C=O) groups excluding carboxylic acids is 10. The van der Waals surface area contributed by atoms with Gasteiger partial charge in [0.05, 0.1) is 89.3 Å². The zero-order valence-corrected chi connectivity index (χ0v) is 70.9. The molecule has 0 radical (unpaired) electrons. The van der Waals surface area contributed by atoms with Crippen LogP contribution in [-0.4, -0.2) is 164 Å². The quantitative estimate of drug-likeness (QED) is 0.0130. The maximum Gasteiger partial charge on any atom is 0.408 e. The van der Waals surface area contributed by atoms with E-state index in [0.717, 1.165) is 108 Å². The van der Waals surface area contributed by atoms with E-state index in [-0.39, 0.29) is 167 Å². The van der Waals surface area contributed by atoms with Gasteiger partial charge in [0.2, 0.25) is 23.6 Å². The fourth-order valence-corrected chi connectivity index (χ4v) is 19.5. The second-order valence-corrected chi connectivity index (χ2v) is 34.5. The number of nitrogens with two attached hydrogens (primary N) is 2. The summed E-state index contributed by atoms with van der Waals surface area (Å²) in [6.45, 7) is 15.3. The topological polar surface area (TPSA) is 383 Å². The van der Waals surface area contributed by atoms with Crippen LogP contribution in [0.25, 0.3) is 22.5 Å². The van der Waals surface area contributed by atoms with Crippen molar-refractivity contribution in [3.05, 3.63) is 148 Å². The predicted octanol–water partition coefficient (Wildman–Crippen LogP) is 11.6. The molecule has 1 aliphatic heterocycles. The summed E-state index contributed by atoms with van der Waals surface area (Å²) in [7, 11) is 1.83. The van der Waals surface area contributed by atoms with E-state index in [2.05, 4.69) is 76.7 Å². The number of nitrogens with zero attached hydrogens (tertiary/aromatic N) is 4. The number of ether oxygens (including phenoxy) is 5. The number of hydrogen-bond acceptors (Lipinski definition) is 19. The third-order valence-electron chi connectivity index (χ3n) is 26.0. The largest absolute Gasteiger partial charge is 0.508 e. The molecular formula is C93H123N11O16. The number of aryl methyl sites for hydroxylation is 3. The number of rotatable bonds is 43. The van der Waals surface area contributed by atoms with Gasteiger partial charge in [-0.1, -0.05) is 138 Å². The van der Waals surface area contributed by atoms with E-state index in [9.17, 15) is 48.3 Å². The number of Topliss-reactive ketones (excluding diaryl/α,β-unsaturated/α-hetero) is 4. The number of ketones is 4. The molecule has 2 fully saturated rings. The van der Waals surface area contributed by atoms with Crippen molar-refractivity contribution in [3.63, 3.8) is 0 Å². The van der Waals surface area contributed by atoms with Gasteiger partial charge in [-0.2, -0.15) is 0 Å². The first-order valence-electron chi connectivity index (χ1n) is 43.0. The molecule has 0 spiro atoms. The Bertz CT molecular complexity index is 4620. The minimum Gasteiger partial charge on any atom is -0.508 e. The van der Waals surface area contributed by atoms with Gasteiger partial charge < -0.3 is 71.7 Å². The number of unbranched alkanes of at least 4 members (excludes halogenated alkanes) is 1. The number of amides is 7. The number of aromatic nitrogens is 3. The first-order chi connectivity index (χ1) is 57.6. The Hall–Kier alpha value is -10.1. The average Bonchev–Trinajstić information content (AvgIpc) is 0.910. The van der Waals surface area contributed by atoms with Crippen LogP contribution in [0.5, 0.6) is 5.75 Å². The highest BCUT2D eigenvalue weighted by molar-refractivity contribution is 6.05. The Balaban J connectivity index is 0.570. The van der Waals surface area contributed by atoms with Crippen LogP contribution in [0.15, 0.2) is 109 Å². The Morgan fingerprint density at radius 2 is 1.22 bits per heavy atom. The lowest BCUT2D eigenvalue weighted by Crippen LogP contribution is -2.55. The number of alkyl carbamates (subject to hydrolysis) is 1. The molecule has 5 aliphatic rings. The van der Waals surface area contributed by atoms with Crippen LogP contribution in [0.3, 0.4) is 0 Å².